The van der Waals surface area contributed by atoms with Crippen LogP contribution in [-0.4, -0.2) is 29.6 Å². The maximum atomic E-state index is 4.76. The highest BCUT2D eigenvalue weighted by Gasteiger charge is 2.21. The SMILES string of the molecule is CCCN(C)c1cnc(C(C)C)nc1CNC1CC1. The molecule has 1 aromatic heterocycles. The van der Waals surface area contributed by atoms with Crippen LogP contribution in [0.1, 0.15) is 57.5 Å². The summed E-state index contributed by atoms with van der Waals surface area (Å²) in [6.07, 6.45) is 5.74. The fourth-order valence-corrected chi connectivity index (χ4v) is 2.14. The number of rotatable bonds is 7. The maximum Gasteiger partial charge on any atom is 0.131 e. The van der Waals surface area contributed by atoms with Gasteiger partial charge < -0.3 is 10.2 Å². The molecule has 0 saturated heterocycles. The smallest absolute Gasteiger partial charge is 0.131 e. The van der Waals surface area contributed by atoms with Crippen molar-refractivity contribution in [2.24, 2.45) is 0 Å². The van der Waals surface area contributed by atoms with Crippen molar-refractivity contribution >= 4 is 5.69 Å². The summed E-state index contributed by atoms with van der Waals surface area (Å²) in [7, 11) is 2.12. The van der Waals surface area contributed by atoms with Gasteiger partial charge in [0.05, 0.1) is 17.6 Å². The molecule has 1 aliphatic rings. The zero-order valence-electron chi connectivity index (χ0n) is 12.6. The first kappa shape index (κ1) is 14.3. The lowest BCUT2D eigenvalue weighted by atomic mass is 10.2. The Balaban J connectivity index is 2.17. The van der Waals surface area contributed by atoms with Gasteiger partial charge in [0.2, 0.25) is 0 Å². The van der Waals surface area contributed by atoms with Crippen LogP contribution < -0.4 is 10.2 Å². The lowest BCUT2D eigenvalue weighted by molar-refractivity contribution is 0.656. The molecule has 1 fully saturated rings. The molecule has 0 aromatic carbocycles. The van der Waals surface area contributed by atoms with Gasteiger partial charge in [-0.25, -0.2) is 9.97 Å². The van der Waals surface area contributed by atoms with Gasteiger partial charge in [0.1, 0.15) is 5.82 Å². The van der Waals surface area contributed by atoms with Crippen LogP contribution in [-0.2, 0) is 6.54 Å². The Morgan fingerprint density at radius 1 is 1.42 bits per heavy atom. The third-order valence-electron chi connectivity index (χ3n) is 3.49. The molecular formula is C15H26N4. The van der Waals surface area contributed by atoms with Gasteiger partial charge in [-0.1, -0.05) is 20.8 Å². The van der Waals surface area contributed by atoms with Crippen molar-refractivity contribution in [3.8, 4) is 0 Å². The van der Waals surface area contributed by atoms with E-state index in [2.05, 4.69) is 43.0 Å². The van der Waals surface area contributed by atoms with Gasteiger partial charge in [0.25, 0.3) is 0 Å². The quantitative estimate of drug-likeness (QED) is 0.820. The van der Waals surface area contributed by atoms with Gasteiger partial charge >= 0.3 is 0 Å². The zero-order valence-corrected chi connectivity index (χ0v) is 12.6. The van der Waals surface area contributed by atoms with Gasteiger partial charge in [-0.15, -0.1) is 0 Å². The number of anilines is 1. The van der Waals surface area contributed by atoms with E-state index in [9.17, 15) is 0 Å². The van der Waals surface area contributed by atoms with Gasteiger partial charge in [0.15, 0.2) is 0 Å². The minimum atomic E-state index is 0.380. The summed E-state index contributed by atoms with van der Waals surface area (Å²) in [5.41, 5.74) is 2.31. The molecule has 1 N–H and O–H groups in total. The van der Waals surface area contributed by atoms with E-state index in [-0.39, 0.29) is 0 Å². The zero-order chi connectivity index (χ0) is 13.8. The third-order valence-corrected chi connectivity index (χ3v) is 3.49. The van der Waals surface area contributed by atoms with E-state index in [1.165, 1.54) is 18.5 Å². The highest BCUT2D eigenvalue weighted by Crippen LogP contribution is 2.23. The van der Waals surface area contributed by atoms with Crippen molar-refractivity contribution in [3.05, 3.63) is 17.7 Å². The van der Waals surface area contributed by atoms with Crippen molar-refractivity contribution in [1.29, 1.82) is 0 Å². The Bertz CT molecular complexity index is 413. The molecule has 0 bridgehead atoms. The molecule has 0 amide bonds. The molecule has 19 heavy (non-hydrogen) atoms. The van der Waals surface area contributed by atoms with Crippen LogP contribution in [0.25, 0.3) is 0 Å². The minimum Gasteiger partial charge on any atom is -0.372 e. The minimum absolute atomic E-state index is 0.380. The van der Waals surface area contributed by atoms with Crippen LogP contribution >= 0.6 is 0 Å². The maximum absolute atomic E-state index is 4.76. The molecule has 1 saturated carbocycles. The predicted molar refractivity (Wildman–Crippen MR) is 79.5 cm³/mol. The van der Waals surface area contributed by atoms with Crippen molar-refractivity contribution in [1.82, 2.24) is 15.3 Å². The molecule has 1 aliphatic carbocycles. The Morgan fingerprint density at radius 2 is 2.16 bits per heavy atom. The molecule has 0 radical (unpaired) electrons. The van der Waals surface area contributed by atoms with E-state index in [0.29, 0.717) is 12.0 Å². The average Bonchev–Trinajstić information content (AvgIpc) is 3.20. The second-order valence-electron chi connectivity index (χ2n) is 5.79. The third kappa shape index (κ3) is 3.90. The van der Waals surface area contributed by atoms with E-state index < -0.39 is 0 Å². The van der Waals surface area contributed by atoms with Gasteiger partial charge in [-0.2, -0.15) is 0 Å². The van der Waals surface area contributed by atoms with Crippen LogP contribution in [0.4, 0.5) is 5.69 Å². The molecular weight excluding hydrogens is 236 g/mol. The summed E-state index contributed by atoms with van der Waals surface area (Å²) in [5.74, 6) is 1.33. The van der Waals surface area contributed by atoms with Crippen LogP contribution in [0.15, 0.2) is 6.20 Å². The monoisotopic (exact) mass is 262 g/mol. The highest BCUT2D eigenvalue weighted by molar-refractivity contribution is 5.48. The van der Waals surface area contributed by atoms with E-state index in [4.69, 9.17) is 4.98 Å². The molecule has 0 spiro atoms. The fourth-order valence-electron chi connectivity index (χ4n) is 2.14. The molecule has 0 aliphatic heterocycles. The summed E-state index contributed by atoms with van der Waals surface area (Å²) >= 11 is 0. The molecule has 4 nitrogen and oxygen atoms in total. The van der Waals surface area contributed by atoms with Gasteiger partial charge in [-0.05, 0) is 19.3 Å². The van der Waals surface area contributed by atoms with Crippen molar-refractivity contribution in [2.45, 2.75) is 58.5 Å². The normalized spacial score (nSPS) is 15.0. The summed E-state index contributed by atoms with van der Waals surface area (Å²) in [6, 6.07) is 0.710. The molecule has 1 aromatic rings. The lowest BCUT2D eigenvalue weighted by Gasteiger charge is -2.22. The predicted octanol–water partition coefficient (Wildman–Crippen LogP) is 2.70. The Labute approximate surface area is 116 Å². The Kier molecular flexibility index (Phi) is 4.75. The highest BCUT2D eigenvalue weighted by atomic mass is 15.1. The molecule has 106 valence electrons. The molecule has 1 heterocycles. The topological polar surface area (TPSA) is 41.1 Å². The number of nitrogens with one attached hydrogen (secondary N) is 1. The van der Waals surface area contributed by atoms with Crippen molar-refractivity contribution < 1.29 is 0 Å². The largest absolute Gasteiger partial charge is 0.372 e. The molecule has 2 rings (SSSR count). The Morgan fingerprint density at radius 3 is 2.74 bits per heavy atom. The molecule has 4 heteroatoms. The lowest BCUT2D eigenvalue weighted by Crippen LogP contribution is -2.24. The van der Waals surface area contributed by atoms with E-state index in [1.54, 1.807) is 0 Å². The van der Waals surface area contributed by atoms with Crippen LogP contribution in [0.5, 0.6) is 0 Å². The summed E-state index contributed by atoms with van der Waals surface area (Å²) in [6.45, 7) is 8.38. The molecule has 0 unspecified atom stereocenters. The van der Waals surface area contributed by atoms with Gasteiger partial charge in [0, 0.05) is 32.1 Å². The van der Waals surface area contributed by atoms with Crippen LogP contribution in [0.3, 0.4) is 0 Å². The standard InChI is InChI=1S/C15H26N4/c1-5-8-19(4)14-10-17-15(11(2)3)18-13(14)9-16-12-6-7-12/h10-12,16H,5-9H2,1-4H3. The number of hydrogen-bond donors (Lipinski definition) is 1. The van der Waals surface area contributed by atoms with Crippen LogP contribution in [0, 0.1) is 0 Å². The average molecular weight is 262 g/mol. The van der Waals surface area contributed by atoms with Crippen molar-refractivity contribution in [3.63, 3.8) is 0 Å². The molecule has 0 atom stereocenters. The van der Waals surface area contributed by atoms with Crippen LogP contribution in [0.2, 0.25) is 0 Å². The summed E-state index contributed by atoms with van der Waals surface area (Å²) in [4.78, 5) is 11.5. The second-order valence-corrected chi connectivity index (χ2v) is 5.79. The van der Waals surface area contributed by atoms with E-state index in [0.717, 1.165) is 31.0 Å². The second kappa shape index (κ2) is 6.33. The summed E-state index contributed by atoms with van der Waals surface area (Å²) < 4.78 is 0. The first-order valence-electron chi connectivity index (χ1n) is 7.42. The number of aromatic nitrogens is 2. The first-order valence-corrected chi connectivity index (χ1v) is 7.42. The summed E-state index contributed by atoms with van der Waals surface area (Å²) in [5, 5.41) is 3.56. The first-order chi connectivity index (χ1) is 9.11. The number of nitrogens with zero attached hydrogens (tertiary/aromatic N) is 3. The van der Waals surface area contributed by atoms with Gasteiger partial charge in [-0.3, -0.25) is 0 Å². The van der Waals surface area contributed by atoms with E-state index in [1.807, 2.05) is 6.20 Å². The number of hydrogen-bond acceptors (Lipinski definition) is 4. The van der Waals surface area contributed by atoms with Crippen molar-refractivity contribution in [2.75, 3.05) is 18.5 Å². The Hall–Kier alpha value is -1.16. The fraction of sp³-hybridized carbons (Fsp3) is 0.733. The van der Waals surface area contributed by atoms with E-state index >= 15 is 0 Å².